The first-order valence-corrected chi connectivity index (χ1v) is 10.0. The number of halogens is 1. The fraction of sp³-hybridized carbons (Fsp3) is 0.318. The molecule has 0 aliphatic carbocycles. The summed E-state index contributed by atoms with van der Waals surface area (Å²) in [7, 11) is 1.91. The second-order valence-electron chi connectivity index (χ2n) is 7.94. The van der Waals surface area contributed by atoms with E-state index in [0.29, 0.717) is 26.1 Å². The molecule has 0 N–H and O–H groups in total. The Morgan fingerprint density at radius 2 is 1.93 bits per heavy atom. The number of aromatic nitrogens is 5. The average molecular weight is 405 g/mol. The van der Waals surface area contributed by atoms with E-state index in [4.69, 9.17) is 9.47 Å². The minimum absolute atomic E-state index is 0.00987. The van der Waals surface area contributed by atoms with Crippen LogP contribution >= 0.6 is 0 Å². The first-order valence-electron chi connectivity index (χ1n) is 10.0. The van der Waals surface area contributed by atoms with Crippen LogP contribution in [0.5, 0.6) is 11.5 Å². The van der Waals surface area contributed by atoms with Crippen molar-refractivity contribution in [2.45, 2.75) is 25.7 Å². The van der Waals surface area contributed by atoms with Gasteiger partial charge < -0.3 is 9.47 Å². The zero-order chi connectivity index (χ0) is 20.4. The molecule has 0 saturated heterocycles. The molecular formula is C22H20FN5O2. The number of aryl methyl sites for hydroxylation is 3. The molecule has 0 amide bonds. The van der Waals surface area contributed by atoms with Crippen molar-refractivity contribution < 1.29 is 13.9 Å². The Kier molecular flexibility index (Phi) is 3.65. The van der Waals surface area contributed by atoms with Crippen LogP contribution in [0, 0.1) is 12.7 Å². The number of hydrogen-bond donors (Lipinski definition) is 0. The summed E-state index contributed by atoms with van der Waals surface area (Å²) in [6.07, 6.45) is 2.86. The predicted octanol–water partition coefficient (Wildman–Crippen LogP) is 3.23. The highest BCUT2D eigenvalue weighted by Gasteiger charge is 2.31. The molecule has 30 heavy (non-hydrogen) atoms. The Morgan fingerprint density at radius 3 is 2.73 bits per heavy atom. The van der Waals surface area contributed by atoms with Crippen LogP contribution in [0.3, 0.4) is 0 Å². The lowest BCUT2D eigenvalue weighted by atomic mass is 9.93. The lowest BCUT2D eigenvalue weighted by molar-refractivity contribution is 0.246. The third-order valence-corrected chi connectivity index (χ3v) is 6.08. The molecule has 7 nitrogen and oxygen atoms in total. The maximum atomic E-state index is 14.7. The molecular weight excluding hydrogens is 385 g/mol. The van der Waals surface area contributed by atoms with Crippen molar-refractivity contribution in [1.82, 2.24) is 24.4 Å². The van der Waals surface area contributed by atoms with Crippen molar-refractivity contribution in [3.05, 3.63) is 58.9 Å². The van der Waals surface area contributed by atoms with Gasteiger partial charge in [0.15, 0.2) is 5.65 Å². The van der Waals surface area contributed by atoms with E-state index < -0.39 is 0 Å². The first kappa shape index (κ1) is 17.4. The molecule has 4 aromatic rings. The van der Waals surface area contributed by atoms with E-state index in [1.807, 2.05) is 35.2 Å². The fourth-order valence-corrected chi connectivity index (χ4v) is 4.72. The van der Waals surface area contributed by atoms with E-state index in [0.717, 1.165) is 50.9 Å². The van der Waals surface area contributed by atoms with E-state index >= 15 is 0 Å². The van der Waals surface area contributed by atoms with Crippen molar-refractivity contribution >= 4 is 5.65 Å². The number of pyridine rings is 1. The lowest BCUT2D eigenvalue weighted by Crippen LogP contribution is -2.13. The zero-order valence-corrected chi connectivity index (χ0v) is 16.7. The van der Waals surface area contributed by atoms with Crippen molar-refractivity contribution in [2.75, 3.05) is 13.2 Å². The van der Waals surface area contributed by atoms with Gasteiger partial charge in [-0.1, -0.05) is 0 Å². The molecule has 2 aliphatic heterocycles. The van der Waals surface area contributed by atoms with E-state index in [-0.39, 0.29) is 11.7 Å². The number of fused-ring (bicyclic) bond motifs is 3. The highest BCUT2D eigenvalue weighted by atomic mass is 19.1. The number of ether oxygens (including phenoxy) is 2. The number of hydrogen-bond acceptors (Lipinski definition) is 5. The third-order valence-electron chi connectivity index (χ3n) is 6.08. The largest absolute Gasteiger partial charge is 0.493 e. The van der Waals surface area contributed by atoms with Gasteiger partial charge in [-0.25, -0.2) is 4.39 Å². The molecule has 0 saturated carbocycles. The van der Waals surface area contributed by atoms with E-state index in [1.165, 1.54) is 6.07 Å². The molecule has 0 fully saturated rings. The number of rotatable bonds is 1. The summed E-state index contributed by atoms with van der Waals surface area (Å²) < 4.78 is 30.6. The van der Waals surface area contributed by atoms with Crippen molar-refractivity contribution in [3.63, 3.8) is 0 Å². The number of nitrogens with zero attached hydrogens (tertiary/aromatic N) is 5. The zero-order valence-electron chi connectivity index (χ0n) is 16.7. The Labute approximate surface area is 172 Å². The van der Waals surface area contributed by atoms with Crippen LogP contribution in [0.15, 0.2) is 30.6 Å². The topological polar surface area (TPSA) is 66.5 Å². The second-order valence-corrected chi connectivity index (χ2v) is 7.94. The van der Waals surface area contributed by atoms with Gasteiger partial charge in [-0.3, -0.25) is 9.08 Å². The van der Waals surface area contributed by atoms with E-state index in [9.17, 15) is 4.39 Å². The van der Waals surface area contributed by atoms with Crippen LogP contribution in [-0.4, -0.2) is 37.6 Å². The van der Waals surface area contributed by atoms with Crippen LogP contribution < -0.4 is 9.47 Å². The van der Waals surface area contributed by atoms with Crippen molar-refractivity contribution in [2.24, 2.45) is 7.05 Å². The standard InChI is InChI=1S/C22H20FN5O2/c1-12-7-18(27(2)26-12)15-8-20-17(28-11-24-25-22(15)28)5-3-14-16(23)4-6-19-21(14)13(9-29-19)10-30-20/h4,6-8,11,13H,3,5,9-10H2,1-2H3/t13-/m1/s1. The second kappa shape index (κ2) is 6.29. The molecule has 3 aromatic heterocycles. The van der Waals surface area contributed by atoms with Gasteiger partial charge in [-0.05, 0) is 49.6 Å². The Balaban J connectivity index is 1.53. The molecule has 152 valence electrons. The van der Waals surface area contributed by atoms with Crippen LogP contribution in [-0.2, 0) is 19.9 Å². The summed E-state index contributed by atoms with van der Waals surface area (Å²) in [4.78, 5) is 0. The predicted molar refractivity (Wildman–Crippen MR) is 107 cm³/mol. The van der Waals surface area contributed by atoms with Crippen LogP contribution in [0.1, 0.15) is 28.4 Å². The summed E-state index contributed by atoms with van der Waals surface area (Å²) in [5, 5.41) is 13.0. The normalized spacial score (nSPS) is 17.5. The highest BCUT2D eigenvalue weighted by Crippen LogP contribution is 2.41. The SMILES string of the molecule is Cc1cc(-c2cc3c(n4cnnc24)CCc2c(F)ccc4c2[C@H](CO4)CO3)n(C)n1. The van der Waals surface area contributed by atoms with Gasteiger partial charge in [-0.2, -0.15) is 5.10 Å². The summed E-state index contributed by atoms with van der Waals surface area (Å²) >= 11 is 0. The monoisotopic (exact) mass is 405 g/mol. The molecule has 2 aliphatic rings. The van der Waals surface area contributed by atoms with Gasteiger partial charge in [-0.15, -0.1) is 10.2 Å². The van der Waals surface area contributed by atoms with Gasteiger partial charge in [0.25, 0.3) is 0 Å². The molecule has 6 rings (SSSR count). The van der Waals surface area contributed by atoms with Gasteiger partial charge >= 0.3 is 0 Å². The molecule has 0 unspecified atom stereocenters. The van der Waals surface area contributed by atoms with Gasteiger partial charge in [0.2, 0.25) is 0 Å². The Bertz CT molecular complexity index is 1310. The first-order chi connectivity index (χ1) is 14.6. The van der Waals surface area contributed by atoms with Gasteiger partial charge in [0, 0.05) is 18.2 Å². The third kappa shape index (κ3) is 2.46. The fourth-order valence-electron chi connectivity index (χ4n) is 4.72. The van der Waals surface area contributed by atoms with Crippen LogP contribution in [0.25, 0.3) is 16.9 Å². The molecule has 8 heteroatoms. The van der Waals surface area contributed by atoms with Crippen molar-refractivity contribution in [1.29, 1.82) is 0 Å². The summed E-state index contributed by atoms with van der Waals surface area (Å²) in [5.74, 6) is 1.36. The Hall–Kier alpha value is -3.42. The summed E-state index contributed by atoms with van der Waals surface area (Å²) in [5.41, 5.74) is 6.12. The Morgan fingerprint density at radius 1 is 1.10 bits per heavy atom. The molecule has 1 aromatic carbocycles. The lowest BCUT2D eigenvalue weighted by Gasteiger charge is -2.16. The van der Waals surface area contributed by atoms with Crippen LogP contribution in [0.2, 0.25) is 0 Å². The average Bonchev–Trinajstić information content (AvgIpc) is 3.44. The summed E-state index contributed by atoms with van der Waals surface area (Å²) in [6.45, 7) is 2.89. The maximum absolute atomic E-state index is 14.7. The number of benzene rings is 1. The molecule has 0 spiro atoms. The quantitative estimate of drug-likeness (QED) is 0.486. The van der Waals surface area contributed by atoms with E-state index in [2.05, 4.69) is 15.3 Å². The van der Waals surface area contributed by atoms with E-state index in [1.54, 1.807) is 12.4 Å². The highest BCUT2D eigenvalue weighted by molar-refractivity contribution is 5.77. The van der Waals surface area contributed by atoms with Crippen molar-refractivity contribution in [3.8, 4) is 22.8 Å². The smallest absolute Gasteiger partial charge is 0.170 e. The van der Waals surface area contributed by atoms with Gasteiger partial charge in [0.05, 0.1) is 36.2 Å². The molecule has 0 radical (unpaired) electrons. The molecule has 0 bridgehead atoms. The van der Waals surface area contributed by atoms with Crippen LogP contribution in [0.4, 0.5) is 4.39 Å². The minimum atomic E-state index is -0.185. The molecule has 5 heterocycles. The maximum Gasteiger partial charge on any atom is 0.170 e. The summed E-state index contributed by atoms with van der Waals surface area (Å²) in [6, 6.07) is 7.26. The minimum Gasteiger partial charge on any atom is -0.493 e. The molecule has 1 atom stereocenters. The van der Waals surface area contributed by atoms with Gasteiger partial charge in [0.1, 0.15) is 23.6 Å².